The van der Waals surface area contributed by atoms with Crippen LogP contribution in [0.25, 0.3) is 16.9 Å². The maximum absolute atomic E-state index is 13.0. The molecule has 0 spiro atoms. The molecule has 4 heterocycles. The first kappa shape index (κ1) is 26.3. The highest BCUT2D eigenvalue weighted by Crippen LogP contribution is 2.22. The van der Waals surface area contributed by atoms with Gasteiger partial charge in [-0.25, -0.2) is 27.6 Å². The number of aromatic nitrogens is 5. The van der Waals surface area contributed by atoms with Gasteiger partial charge in [-0.15, -0.1) is 6.58 Å². The zero-order valence-electron chi connectivity index (χ0n) is 21.2. The van der Waals surface area contributed by atoms with E-state index in [1.54, 1.807) is 29.2 Å². The van der Waals surface area contributed by atoms with Crippen molar-refractivity contribution in [1.82, 2.24) is 29.2 Å². The minimum atomic E-state index is -3.71. The highest BCUT2D eigenvalue weighted by atomic mass is 32.2. The van der Waals surface area contributed by atoms with Crippen LogP contribution in [0.2, 0.25) is 0 Å². The molecule has 12 nitrogen and oxygen atoms in total. The van der Waals surface area contributed by atoms with E-state index in [0.29, 0.717) is 37.6 Å². The fourth-order valence-electron chi connectivity index (χ4n) is 3.95. The SMILES string of the molecule is C=CCn1c(=O)c2cnc(S(C)(=O)=O)nc2n1-c1cccc(OC2CCN(C(=O)OC(C)(C)C)CC2)n1. The van der Waals surface area contributed by atoms with E-state index in [-0.39, 0.29) is 29.8 Å². The lowest BCUT2D eigenvalue weighted by atomic mass is 10.1. The van der Waals surface area contributed by atoms with Crippen molar-refractivity contribution in [3.8, 4) is 11.7 Å². The molecule has 13 heteroatoms. The quantitative estimate of drug-likeness (QED) is 0.347. The lowest BCUT2D eigenvalue weighted by Gasteiger charge is -2.33. The van der Waals surface area contributed by atoms with Crippen LogP contribution >= 0.6 is 0 Å². The number of piperidine rings is 1. The Balaban J connectivity index is 1.61. The first-order valence-corrected chi connectivity index (χ1v) is 13.7. The van der Waals surface area contributed by atoms with Crippen molar-refractivity contribution < 1.29 is 22.7 Å². The first-order valence-electron chi connectivity index (χ1n) is 11.8. The van der Waals surface area contributed by atoms with Crippen molar-refractivity contribution >= 4 is 27.0 Å². The first-order chi connectivity index (χ1) is 17.4. The van der Waals surface area contributed by atoms with Gasteiger partial charge in [-0.05, 0) is 26.8 Å². The van der Waals surface area contributed by atoms with Gasteiger partial charge in [0.25, 0.3) is 5.56 Å². The zero-order chi connectivity index (χ0) is 27.0. The summed E-state index contributed by atoms with van der Waals surface area (Å²) < 4.78 is 38.4. The number of rotatable bonds is 6. The summed E-state index contributed by atoms with van der Waals surface area (Å²) in [4.78, 5) is 39.6. The topological polar surface area (TPSA) is 139 Å². The number of likely N-dealkylation sites (tertiary alicyclic amines) is 1. The molecule has 1 fully saturated rings. The molecule has 0 bridgehead atoms. The monoisotopic (exact) mass is 530 g/mol. The Kier molecular flexibility index (Phi) is 7.09. The molecule has 1 aliphatic heterocycles. The molecule has 1 amide bonds. The van der Waals surface area contributed by atoms with Crippen molar-refractivity contribution in [1.29, 1.82) is 0 Å². The average molecular weight is 531 g/mol. The third-order valence-electron chi connectivity index (χ3n) is 5.59. The fraction of sp³-hybridized carbons (Fsp3) is 0.458. The molecule has 3 aromatic rings. The van der Waals surface area contributed by atoms with Crippen LogP contribution in [0.15, 0.2) is 47.0 Å². The summed E-state index contributed by atoms with van der Waals surface area (Å²) in [7, 11) is -3.71. The fourth-order valence-corrected chi connectivity index (χ4v) is 4.45. The second kappa shape index (κ2) is 9.96. The maximum Gasteiger partial charge on any atom is 0.410 e. The van der Waals surface area contributed by atoms with Crippen LogP contribution in [0.4, 0.5) is 4.79 Å². The minimum absolute atomic E-state index is 0.109. The van der Waals surface area contributed by atoms with E-state index in [1.807, 2.05) is 20.8 Å². The highest BCUT2D eigenvalue weighted by molar-refractivity contribution is 7.90. The second-order valence-corrected chi connectivity index (χ2v) is 11.7. The van der Waals surface area contributed by atoms with Gasteiger partial charge >= 0.3 is 6.09 Å². The van der Waals surface area contributed by atoms with Gasteiger partial charge in [-0.3, -0.25) is 4.79 Å². The Labute approximate surface area is 214 Å². The number of nitrogens with zero attached hydrogens (tertiary/aromatic N) is 6. The molecule has 0 aliphatic carbocycles. The van der Waals surface area contributed by atoms with Crippen molar-refractivity contribution in [2.24, 2.45) is 0 Å². The minimum Gasteiger partial charge on any atom is -0.474 e. The van der Waals surface area contributed by atoms with Gasteiger partial charge < -0.3 is 14.4 Å². The van der Waals surface area contributed by atoms with Crippen LogP contribution in [0.5, 0.6) is 5.88 Å². The Hall–Kier alpha value is -3.74. The molecular weight excluding hydrogens is 500 g/mol. The molecule has 3 aromatic heterocycles. The van der Waals surface area contributed by atoms with Gasteiger partial charge in [-0.2, -0.15) is 9.97 Å². The van der Waals surface area contributed by atoms with Gasteiger partial charge in [0, 0.05) is 44.5 Å². The van der Waals surface area contributed by atoms with Crippen molar-refractivity contribution in [2.75, 3.05) is 19.3 Å². The Bertz CT molecular complexity index is 1500. The third kappa shape index (κ3) is 5.82. The smallest absolute Gasteiger partial charge is 0.410 e. The summed E-state index contributed by atoms with van der Waals surface area (Å²) in [6, 6.07) is 5.09. The number of fused-ring (bicyclic) bond motifs is 1. The van der Waals surface area contributed by atoms with Crippen LogP contribution in [0.1, 0.15) is 33.6 Å². The van der Waals surface area contributed by atoms with Crippen LogP contribution in [-0.4, -0.2) is 74.8 Å². The molecule has 1 aliphatic rings. The summed E-state index contributed by atoms with van der Waals surface area (Å²) in [6.07, 6.45) is 4.43. The van der Waals surface area contributed by atoms with Crippen LogP contribution in [-0.2, 0) is 21.1 Å². The normalized spacial score (nSPS) is 15.1. The number of carbonyl (C=O) groups excluding carboxylic acids is 1. The van der Waals surface area contributed by atoms with Gasteiger partial charge in [0.1, 0.15) is 17.1 Å². The number of amides is 1. The summed E-state index contributed by atoms with van der Waals surface area (Å²) in [6.45, 7) is 10.3. The summed E-state index contributed by atoms with van der Waals surface area (Å²) in [5.74, 6) is 0.640. The molecule has 1 saturated heterocycles. The number of carbonyl (C=O) groups is 1. The lowest BCUT2D eigenvalue weighted by molar-refractivity contribution is 0.0123. The van der Waals surface area contributed by atoms with Gasteiger partial charge in [0.05, 0.1) is 6.54 Å². The number of hydrogen-bond acceptors (Lipinski definition) is 9. The Morgan fingerprint density at radius 3 is 2.54 bits per heavy atom. The summed E-state index contributed by atoms with van der Waals surface area (Å²) >= 11 is 0. The standard InChI is InChI=1S/C24H30N6O6S/c1-6-12-29-21(31)17-15-25-22(37(5,33)34)27-20(17)30(29)18-8-7-9-19(26-18)35-16-10-13-28(14-11-16)23(32)36-24(2,3)4/h6-9,15-16H,1,10-14H2,2-5H3. The maximum atomic E-state index is 13.0. The van der Waals surface area contributed by atoms with Crippen molar-refractivity contribution in [2.45, 2.75) is 57.0 Å². The predicted octanol–water partition coefficient (Wildman–Crippen LogP) is 2.34. The number of hydrogen-bond donors (Lipinski definition) is 0. The average Bonchev–Trinajstić information content (AvgIpc) is 3.09. The molecule has 37 heavy (non-hydrogen) atoms. The van der Waals surface area contributed by atoms with E-state index in [9.17, 15) is 18.0 Å². The molecule has 0 unspecified atom stereocenters. The van der Waals surface area contributed by atoms with E-state index in [0.717, 1.165) is 6.26 Å². The predicted molar refractivity (Wildman–Crippen MR) is 136 cm³/mol. The lowest BCUT2D eigenvalue weighted by Crippen LogP contribution is -2.44. The van der Waals surface area contributed by atoms with Crippen molar-refractivity contribution in [3.63, 3.8) is 0 Å². The molecular formula is C24H30N6O6S. The van der Waals surface area contributed by atoms with E-state index in [2.05, 4.69) is 21.5 Å². The van der Waals surface area contributed by atoms with E-state index >= 15 is 0 Å². The Morgan fingerprint density at radius 2 is 1.92 bits per heavy atom. The van der Waals surface area contributed by atoms with Gasteiger partial charge in [-0.1, -0.05) is 12.1 Å². The number of sulfone groups is 1. The van der Waals surface area contributed by atoms with E-state index < -0.39 is 26.2 Å². The van der Waals surface area contributed by atoms with Crippen molar-refractivity contribution in [3.05, 3.63) is 47.4 Å². The van der Waals surface area contributed by atoms with E-state index in [1.165, 1.54) is 15.6 Å². The van der Waals surface area contributed by atoms with Crippen LogP contribution in [0.3, 0.4) is 0 Å². The molecule has 198 valence electrons. The molecule has 0 atom stereocenters. The van der Waals surface area contributed by atoms with Crippen LogP contribution < -0.4 is 10.3 Å². The Morgan fingerprint density at radius 1 is 1.22 bits per heavy atom. The summed E-state index contributed by atoms with van der Waals surface area (Å²) in [5.41, 5.74) is -0.855. The molecule has 0 N–H and O–H groups in total. The van der Waals surface area contributed by atoms with Gasteiger partial charge in [0.15, 0.2) is 11.5 Å². The van der Waals surface area contributed by atoms with Crippen LogP contribution in [0, 0.1) is 0 Å². The van der Waals surface area contributed by atoms with Gasteiger partial charge in [0.2, 0.25) is 20.9 Å². The largest absolute Gasteiger partial charge is 0.474 e. The molecule has 0 saturated carbocycles. The molecule has 0 radical (unpaired) electrons. The number of ether oxygens (including phenoxy) is 2. The molecule has 4 rings (SSSR count). The zero-order valence-corrected chi connectivity index (χ0v) is 22.1. The third-order valence-corrected chi connectivity index (χ3v) is 6.45. The summed E-state index contributed by atoms with van der Waals surface area (Å²) in [5, 5.41) is -0.245. The number of pyridine rings is 1. The second-order valence-electron chi connectivity index (χ2n) is 9.77. The molecule has 0 aromatic carbocycles. The number of allylic oxidation sites excluding steroid dienone is 1. The highest BCUT2D eigenvalue weighted by Gasteiger charge is 2.28. The van der Waals surface area contributed by atoms with E-state index in [4.69, 9.17) is 9.47 Å².